The lowest BCUT2D eigenvalue weighted by Gasteiger charge is -2.14. The van der Waals surface area contributed by atoms with Crippen LogP contribution in [0.2, 0.25) is 0 Å². The van der Waals surface area contributed by atoms with E-state index in [-0.39, 0.29) is 0 Å². The van der Waals surface area contributed by atoms with Crippen LogP contribution in [0.3, 0.4) is 0 Å². The molecular formula is C13H25N5. The maximum absolute atomic E-state index is 4.42. The molecule has 0 aromatic carbocycles. The van der Waals surface area contributed by atoms with Crippen molar-refractivity contribution in [3.8, 4) is 0 Å². The Balaban J connectivity index is 1.80. The molecule has 102 valence electrons. The number of nitrogens with one attached hydrogen (secondary N) is 1. The molecule has 1 N–H and O–H groups in total. The third-order valence-corrected chi connectivity index (χ3v) is 3.69. The van der Waals surface area contributed by atoms with Crippen molar-refractivity contribution in [2.75, 3.05) is 45.7 Å². The highest BCUT2D eigenvalue weighted by molar-refractivity contribution is 5.30. The van der Waals surface area contributed by atoms with Crippen LogP contribution in [0.1, 0.15) is 12.1 Å². The lowest BCUT2D eigenvalue weighted by atomic mass is 10.1. The molecule has 0 spiro atoms. The summed E-state index contributed by atoms with van der Waals surface area (Å²) in [6.07, 6.45) is 3.28. The molecule has 0 amide bonds. The van der Waals surface area contributed by atoms with Crippen LogP contribution in [-0.2, 0) is 13.6 Å². The monoisotopic (exact) mass is 251 g/mol. The number of rotatable bonds is 5. The zero-order valence-corrected chi connectivity index (χ0v) is 12.0. The molecule has 2 heterocycles. The zero-order chi connectivity index (χ0) is 13.1. The van der Waals surface area contributed by atoms with Crippen molar-refractivity contribution in [1.82, 2.24) is 19.8 Å². The highest BCUT2D eigenvalue weighted by Gasteiger charge is 2.18. The fraction of sp³-hybridized carbons (Fsp3) is 0.769. The second-order valence-corrected chi connectivity index (χ2v) is 5.55. The molecule has 1 aromatic rings. The normalized spacial score (nSPS) is 20.6. The summed E-state index contributed by atoms with van der Waals surface area (Å²) in [7, 11) is 8.31. The zero-order valence-electron chi connectivity index (χ0n) is 12.0. The van der Waals surface area contributed by atoms with Crippen molar-refractivity contribution in [2.45, 2.75) is 13.0 Å². The van der Waals surface area contributed by atoms with Crippen molar-refractivity contribution < 1.29 is 0 Å². The maximum Gasteiger partial charge on any atom is 0.204 e. The first-order valence-electron chi connectivity index (χ1n) is 6.65. The average molecular weight is 251 g/mol. The van der Waals surface area contributed by atoms with Gasteiger partial charge in [-0.15, -0.1) is 0 Å². The van der Waals surface area contributed by atoms with Crippen LogP contribution >= 0.6 is 0 Å². The van der Waals surface area contributed by atoms with Gasteiger partial charge in [-0.1, -0.05) is 0 Å². The van der Waals surface area contributed by atoms with E-state index in [1.807, 2.05) is 25.2 Å². The molecule has 1 aliphatic heterocycles. The van der Waals surface area contributed by atoms with Crippen molar-refractivity contribution in [2.24, 2.45) is 13.0 Å². The molecule has 1 fully saturated rings. The summed E-state index contributed by atoms with van der Waals surface area (Å²) < 4.78 is 2.15. The molecule has 5 nitrogen and oxygen atoms in total. The number of anilines is 1. The number of imidazole rings is 1. The SMILES string of the molecule is CN1CCC(CNCc2cnc(N(C)C)n2C)C1. The Morgan fingerprint density at radius 1 is 1.44 bits per heavy atom. The largest absolute Gasteiger partial charge is 0.348 e. The minimum Gasteiger partial charge on any atom is -0.348 e. The quantitative estimate of drug-likeness (QED) is 0.828. The van der Waals surface area contributed by atoms with Crippen LogP contribution in [0.15, 0.2) is 6.20 Å². The molecule has 0 aliphatic carbocycles. The molecule has 1 aliphatic rings. The average Bonchev–Trinajstić information content (AvgIpc) is 2.87. The Kier molecular flexibility index (Phi) is 4.24. The smallest absolute Gasteiger partial charge is 0.204 e. The predicted octanol–water partition coefficient (Wildman–Crippen LogP) is 0.527. The molecule has 5 heteroatoms. The summed E-state index contributed by atoms with van der Waals surface area (Å²) in [5.74, 6) is 1.81. The summed E-state index contributed by atoms with van der Waals surface area (Å²) in [6.45, 7) is 4.47. The highest BCUT2D eigenvalue weighted by Crippen LogP contribution is 2.14. The fourth-order valence-electron chi connectivity index (χ4n) is 2.61. The first-order valence-corrected chi connectivity index (χ1v) is 6.65. The van der Waals surface area contributed by atoms with Crippen LogP contribution in [-0.4, -0.2) is 55.2 Å². The third-order valence-electron chi connectivity index (χ3n) is 3.69. The van der Waals surface area contributed by atoms with Crippen molar-refractivity contribution >= 4 is 5.95 Å². The van der Waals surface area contributed by atoms with Crippen molar-refractivity contribution in [3.05, 3.63) is 11.9 Å². The van der Waals surface area contributed by atoms with Gasteiger partial charge in [-0.05, 0) is 32.5 Å². The van der Waals surface area contributed by atoms with Gasteiger partial charge < -0.3 is 19.7 Å². The van der Waals surface area contributed by atoms with E-state index < -0.39 is 0 Å². The molecule has 0 saturated carbocycles. The van der Waals surface area contributed by atoms with Crippen molar-refractivity contribution in [3.63, 3.8) is 0 Å². The molecule has 1 aromatic heterocycles. The first kappa shape index (κ1) is 13.4. The van der Waals surface area contributed by atoms with E-state index in [4.69, 9.17) is 0 Å². The topological polar surface area (TPSA) is 36.3 Å². The van der Waals surface area contributed by atoms with Gasteiger partial charge in [-0.2, -0.15) is 0 Å². The number of hydrogen-bond acceptors (Lipinski definition) is 4. The van der Waals surface area contributed by atoms with Crippen LogP contribution < -0.4 is 10.2 Å². The maximum atomic E-state index is 4.42. The van der Waals surface area contributed by atoms with E-state index in [2.05, 4.69) is 33.9 Å². The van der Waals surface area contributed by atoms with Gasteiger partial charge in [0.2, 0.25) is 5.95 Å². The Morgan fingerprint density at radius 3 is 2.78 bits per heavy atom. The lowest BCUT2D eigenvalue weighted by molar-refractivity contribution is 0.387. The Morgan fingerprint density at radius 2 is 2.22 bits per heavy atom. The highest BCUT2D eigenvalue weighted by atomic mass is 15.3. The van der Waals surface area contributed by atoms with Gasteiger partial charge >= 0.3 is 0 Å². The van der Waals surface area contributed by atoms with E-state index in [0.717, 1.165) is 25.0 Å². The van der Waals surface area contributed by atoms with E-state index in [1.54, 1.807) is 0 Å². The summed E-state index contributed by atoms with van der Waals surface area (Å²) in [4.78, 5) is 8.86. The summed E-state index contributed by atoms with van der Waals surface area (Å²) in [6, 6.07) is 0. The van der Waals surface area contributed by atoms with E-state index in [1.165, 1.54) is 25.2 Å². The molecule has 0 radical (unpaired) electrons. The Bertz CT molecular complexity index is 385. The van der Waals surface area contributed by atoms with E-state index in [9.17, 15) is 0 Å². The number of hydrogen-bond donors (Lipinski definition) is 1. The second kappa shape index (κ2) is 5.71. The second-order valence-electron chi connectivity index (χ2n) is 5.55. The van der Waals surface area contributed by atoms with Gasteiger partial charge in [0, 0.05) is 34.2 Å². The predicted molar refractivity (Wildman–Crippen MR) is 74.8 cm³/mol. The Labute approximate surface area is 110 Å². The number of nitrogens with zero attached hydrogens (tertiary/aromatic N) is 4. The summed E-state index contributed by atoms with van der Waals surface area (Å²) in [5.41, 5.74) is 1.24. The van der Waals surface area contributed by atoms with Gasteiger partial charge in [0.05, 0.1) is 11.9 Å². The Hall–Kier alpha value is -1.07. The molecule has 0 bridgehead atoms. The van der Waals surface area contributed by atoms with Gasteiger partial charge in [-0.25, -0.2) is 4.98 Å². The van der Waals surface area contributed by atoms with Gasteiger partial charge in [0.25, 0.3) is 0 Å². The number of likely N-dealkylation sites (tertiary alicyclic amines) is 1. The molecule has 1 atom stereocenters. The molecule has 2 rings (SSSR count). The van der Waals surface area contributed by atoms with Crippen LogP contribution in [0.5, 0.6) is 0 Å². The van der Waals surface area contributed by atoms with Gasteiger partial charge in [0.15, 0.2) is 0 Å². The fourth-order valence-corrected chi connectivity index (χ4v) is 2.61. The van der Waals surface area contributed by atoms with Crippen LogP contribution in [0.25, 0.3) is 0 Å². The molecule has 18 heavy (non-hydrogen) atoms. The molecular weight excluding hydrogens is 226 g/mol. The summed E-state index contributed by atoms with van der Waals surface area (Å²) in [5, 5.41) is 3.55. The van der Waals surface area contributed by atoms with Crippen LogP contribution in [0, 0.1) is 5.92 Å². The van der Waals surface area contributed by atoms with Crippen molar-refractivity contribution in [1.29, 1.82) is 0 Å². The molecule has 1 saturated heterocycles. The van der Waals surface area contributed by atoms with Gasteiger partial charge in [0.1, 0.15) is 0 Å². The standard InChI is InChI=1S/C13H25N5/c1-16(2)13-15-9-12(18(13)4)8-14-7-11-5-6-17(3)10-11/h9,11,14H,5-8,10H2,1-4H3. The number of aromatic nitrogens is 2. The summed E-state index contributed by atoms with van der Waals surface area (Å²) >= 11 is 0. The first-order chi connectivity index (χ1) is 8.58. The van der Waals surface area contributed by atoms with Crippen LogP contribution in [0.4, 0.5) is 5.95 Å². The minimum atomic E-state index is 0.802. The minimum absolute atomic E-state index is 0.802. The molecule has 1 unspecified atom stereocenters. The van der Waals surface area contributed by atoms with E-state index in [0.29, 0.717) is 0 Å². The van der Waals surface area contributed by atoms with Gasteiger partial charge in [-0.3, -0.25) is 0 Å². The third kappa shape index (κ3) is 3.03. The van der Waals surface area contributed by atoms with E-state index >= 15 is 0 Å². The lowest BCUT2D eigenvalue weighted by Crippen LogP contribution is -2.25.